The number of ether oxygens (including phenoxy) is 1. The standard InChI is InChI=1S/C23H23NO4/c1-4-24(5-2)18-11-10-17-14-20(23(26)28-22(17)15-18)21(25)12-9-16-7-6-8-19(13-16)27-3/h6-15H,4-5H2,1-3H3. The Hall–Kier alpha value is -3.34. The molecular formula is C23H23NO4. The Kier molecular flexibility index (Phi) is 5.94. The zero-order chi connectivity index (χ0) is 20.1. The smallest absolute Gasteiger partial charge is 0.347 e. The molecule has 5 heteroatoms. The summed E-state index contributed by atoms with van der Waals surface area (Å²) in [5, 5.41) is 0.716. The van der Waals surface area contributed by atoms with Crippen LogP contribution in [0.4, 0.5) is 5.69 Å². The number of carbonyl (C=O) groups excluding carboxylic acids is 1. The van der Waals surface area contributed by atoms with Crippen LogP contribution in [0.25, 0.3) is 17.0 Å². The summed E-state index contributed by atoms with van der Waals surface area (Å²) in [6.07, 6.45) is 3.02. The minimum absolute atomic E-state index is 0.0160. The quantitative estimate of drug-likeness (QED) is 0.344. The summed E-state index contributed by atoms with van der Waals surface area (Å²) in [6, 6.07) is 14.6. The first kappa shape index (κ1) is 19.4. The number of ketones is 1. The topological polar surface area (TPSA) is 59.8 Å². The molecule has 5 nitrogen and oxygen atoms in total. The molecule has 3 rings (SSSR count). The molecule has 0 N–H and O–H groups in total. The van der Waals surface area contributed by atoms with Crippen molar-refractivity contribution in [3.63, 3.8) is 0 Å². The highest BCUT2D eigenvalue weighted by molar-refractivity contribution is 6.07. The minimum Gasteiger partial charge on any atom is -0.497 e. The first-order valence-electron chi connectivity index (χ1n) is 9.25. The van der Waals surface area contributed by atoms with Crippen molar-refractivity contribution in [3.05, 3.63) is 76.2 Å². The Morgan fingerprint density at radius 1 is 1.11 bits per heavy atom. The van der Waals surface area contributed by atoms with E-state index in [1.54, 1.807) is 25.3 Å². The first-order chi connectivity index (χ1) is 13.5. The Morgan fingerprint density at radius 3 is 2.61 bits per heavy atom. The lowest BCUT2D eigenvalue weighted by Gasteiger charge is -2.20. The summed E-state index contributed by atoms with van der Waals surface area (Å²) in [7, 11) is 1.58. The molecular weight excluding hydrogens is 354 g/mol. The van der Waals surface area contributed by atoms with Gasteiger partial charge >= 0.3 is 5.63 Å². The van der Waals surface area contributed by atoms with Gasteiger partial charge in [0.05, 0.1) is 7.11 Å². The summed E-state index contributed by atoms with van der Waals surface area (Å²) in [5.74, 6) is 0.301. The molecule has 0 aliphatic rings. The van der Waals surface area contributed by atoms with E-state index in [0.29, 0.717) is 16.7 Å². The highest BCUT2D eigenvalue weighted by Gasteiger charge is 2.12. The lowest BCUT2D eigenvalue weighted by molar-refractivity contribution is 0.104. The van der Waals surface area contributed by atoms with E-state index < -0.39 is 11.4 Å². The van der Waals surface area contributed by atoms with Gasteiger partial charge in [0, 0.05) is 30.2 Å². The normalized spacial score (nSPS) is 11.1. The van der Waals surface area contributed by atoms with E-state index in [1.807, 2.05) is 36.4 Å². The third-order valence-electron chi connectivity index (χ3n) is 4.63. The van der Waals surface area contributed by atoms with Crippen molar-refractivity contribution in [2.75, 3.05) is 25.1 Å². The van der Waals surface area contributed by atoms with Gasteiger partial charge in [0.25, 0.3) is 0 Å². The van der Waals surface area contributed by atoms with Crippen molar-refractivity contribution >= 4 is 28.5 Å². The van der Waals surface area contributed by atoms with Crippen LogP contribution in [-0.2, 0) is 0 Å². The average Bonchev–Trinajstić information content (AvgIpc) is 2.72. The van der Waals surface area contributed by atoms with Gasteiger partial charge in [0.1, 0.15) is 16.9 Å². The summed E-state index contributed by atoms with van der Waals surface area (Å²) in [5.41, 5.74) is 1.65. The van der Waals surface area contributed by atoms with Crippen LogP contribution < -0.4 is 15.3 Å². The third-order valence-corrected chi connectivity index (χ3v) is 4.63. The molecule has 0 unspecified atom stereocenters. The Bertz CT molecular complexity index is 1080. The SMILES string of the molecule is CCN(CC)c1ccc2cc(C(=O)C=Cc3cccc(OC)c3)c(=O)oc2c1. The molecule has 0 radical (unpaired) electrons. The van der Waals surface area contributed by atoms with Crippen LogP contribution in [0.2, 0.25) is 0 Å². The van der Waals surface area contributed by atoms with Crippen molar-refractivity contribution in [1.82, 2.24) is 0 Å². The largest absolute Gasteiger partial charge is 0.497 e. The van der Waals surface area contributed by atoms with Crippen molar-refractivity contribution in [2.45, 2.75) is 13.8 Å². The predicted molar refractivity (Wildman–Crippen MR) is 112 cm³/mol. The van der Waals surface area contributed by atoms with Gasteiger partial charge < -0.3 is 14.1 Å². The fourth-order valence-electron chi connectivity index (χ4n) is 3.06. The van der Waals surface area contributed by atoms with Gasteiger partial charge in [-0.1, -0.05) is 18.2 Å². The van der Waals surface area contributed by atoms with Crippen molar-refractivity contribution in [2.24, 2.45) is 0 Å². The van der Waals surface area contributed by atoms with E-state index in [0.717, 1.165) is 24.3 Å². The maximum atomic E-state index is 12.5. The van der Waals surface area contributed by atoms with Gasteiger partial charge in [-0.3, -0.25) is 4.79 Å². The lowest BCUT2D eigenvalue weighted by Crippen LogP contribution is -2.21. The van der Waals surface area contributed by atoms with Crippen LogP contribution in [0.3, 0.4) is 0 Å². The summed E-state index contributed by atoms with van der Waals surface area (Å²) < 4.78 is 10.6. The molecule has 144 valence electrons. The molecule has 0 amide bonds. The molecule has 0 bridgehead atoms. The number of benzene rings is 2. The van der Waals surface area contributed by atoms with Crippen molar-refractivity contribution in [1.29, 1.82) is 0 Å². The van der Waals surface area contributed by atoms with E-state index >= 15 is 0 Å². The fraction of sp³-hybridized carbons (Fsp3) is 0.217. The van der Waals surface area contributed by atoms with Gasteiger partial charge in [-0.25, -0.2) is 4.79 Å². The molecule has 28 heavy (non-hydrogen) atoms. The number of fused-ring (bicyclic) bond motifs is 1. The molecule has 3 aromatic rings. The van der Waals surface area contributed by atoms with E-state index in [-0.39, 0.29) is 5.56 Å². The maximum Gasteiger partial charge on any atom is 0.347 e. The second kappa shape index (κ2) is 8.57. The zero-order valence-electron chi connectivity index (χ0n) is 16.3. The highest BCUT2D eigenvalue weighted by Crippen LogP contribution is 2.22. The second-order valence-corrected chi connectivity index (χ2v) is 6.32. The minimum atomic E-state index is -0.635. The zero-order valence-corrected chi connectivity index (χ0v) is 16.3. The summed E-state index contributed by atoms with van der Waals surface area (Å²) in [6.45, 7) is 5.86. The van der Waals surface area contributed by atoms with Crippen LogP contribution in [0.1, 0.15) is 29.8 Å². The summed E-state index contributed by atoms with van der Waals surface area (Å²) in [4.78, 5) is 27.0. The molecule has 1 aromatic heterocycles. The predicted octanol–water partition coefficient (Wildman–Crippen LogP) is 4.54. The molecule has 2 aromatic carbocycles. The number of methoxy groups -OCH3 is 1. The van der Waals surface area contributed by atoms with Crippen LogP contribution in [0.5, 0.6) is 5.75 Å². The highest BCUT2D eigenvalue weighted by atomic mass is 16.5. The Labute approximate surface area is 163 Å². The van der Waals surface area contributed by atoms with Gasteiger partial charge in [-0.05, 0) is 55.8 Å². The van der Waals surface area contributed by atoms with Crippen LogP contribution in [0, 0.1) is 0 Å². The van der Waals surface area contributed by atoms with Crippen molar-refractivity contribution in [3.8, 4) is 5.75 Å². The Morgan fingerprint density at radius 2 is 1.89 bits per heavy atom. The second-order valence-electron chi connectivity index (χ2n) is 6.32. The fourth-order valence-corrected chi connectivity index (χ4v) is 3.06. The number of anilines is 1. The van der Waals surface area contributed by atoms with Crippen LogP contribution in [0.15, 0.2) is 63.8 Å². The Balaban J connectivity index is 1.91. The average molecular weight is 377 g/mol. The monoisotopic (exact) mass is 377 g/mol. The van der Waals surface area contributed by atoms with Crippen molar-refractivity contribution < 1.29 is 13.9 Å². The lowest BCUT2D eigenvalue weighted by atomic mass is 10.1. The molecule has 0 aliphatic carbocycles. The van der Waals surface area contributed by atoms with Crippen LogP contribution in [-0.4, -0.2) is 26.0 Å². The number of hydrogen-bond acceptors (Lipinski definition) is 5. The molecule has 0 atom stereocenters. The molecule has 1 heterocycles. The third kappa shape index (κ3) is 4.14. The number of allylic oxidation sites excluding steroid dienone is 1. The van der Waals surface area contributed by atoms with Crippen LogP contribution >= 0.6 is 0 Å². The van der Waals surface area contributed by atoms with E-state index in [2.05, 4.69) is 18.7 Å². The van der Waals surface area contributed by atoms with Gasteiger partial charge in [-0.15, -0.1) is 0 Å². The van der Waals surface area contributed by atoms with E-state index in [1.165, 1.54) is 6.08 Å². The number of hydrogen-bond donors (Lipinski definition) is 0. The number of rotatable bonds is 7. The molecule has 0 fully saturated rings. The van der Waals surface area contributed by atoms with Gasteiger partial charge in [-0.2, -0.15) is 0 Å². The first-order valence-corrected chi connectivity index (χ1v) is 9.25. The number of nitrogens with zero attached hydrogens (tertiary/aromatic N) is 1. The molecule has 0 aliphatic heterocycles. The molecule has 0 saturated heterocycles. The van der Waals surface area contributed by atoms with E-state index in [9.17, 15) is 9.59 Å². The van der Waals surface area contributed by atoms with Gasteiger partial charge in [0.15, 0.2) is 5.78 Å². The molecule has 0 spiro atoms. The molecule has 0 saturated carbocycles. The van der Waals surface area contributed by atoms with Gasteiger partial charge in [0.2, 0.25) is 0 Å². The number of carbonyl (C=O) groups is 1. The van der Waals surface area contributed by atoms with E-state index in [4.69, 9.17) is 9.15 Å². The summed E-state index contributed by atoms with van der Waals surface area (Å²) >= 11 is 0. The maximum absolute atomic E-state index is 12.5.